The zero-order valence-corrected chi connectivity index (χ0v) is 9.30. The second kappa shape index (κ2) is 6.74. The molecule has 0 spiro atoms. The first-order valence-electron chi connectivity index (χ1n) is 4.77. The van der Waals surface area contributed by atoms with Gasteiger partial charge in [-0.25, -0.2) is 0 Å². The minimum Gasteiger partial charge on any atom is -0.468 e. The van der Waals surface area contributed by atoms with Crippen LogP contribution in [-0.4, -0.2) is 19.2 Å². The number of ether oxygens (including phenoxy) is 2. The lowest BCUT2D eigenvalue weighted by atomic mass is 10.2. The Kier molecular flexibility index (Phi) is 5.49. The molecule has 1 aromatic rings. The van der Waals surface area contributed by atoms with E-state index in [0.29, 0.717) is 13.4 Å². The smallest absolute Gasteiger partial charge is 0.189 e. The zero-order valence-electron chi connectivity index (χ0n) is 8.40. The lowest BCUT2D eigenvalue weighted by Crippen LogP contribution is -2.01. The van der Waals surface area contributed by atoms with E-state index in [0.717, 1.165) is 17.9 Å². The van der Waals surface area contributed by atoms with Crippen LogP contribution in [0.2, 0.25) is 0 Å². The number of hydrogen-bond donors (Lipinski definition) is 1. The Balaban J connectivity index is 2.38. The second-order valence-electron chi connectivity index (χ2n) is 2.87. The van der Waals surface area contributed by atoms with Gasteiger partial charge in [-0.15, -0.1) is 0 Å². The molecule has 0 aromatic heterocycles. The maximum atomic E-state index is 5.34. The molecule has 0 bridgehead atoms. The quantitative estimate of drug-likeness (QED) is 0.444. The van der Waals surface area contributed by atoms with Crippen LogP contribution in [0.5, 0.6) is 5.75 Å². The van der Waals surface area contributed by atoms with E-state index in [4.69, 9.17) is 9.47 Å². The van der Waals surface area contributed by atoms with Crippen LogP contribution in [0.25, 0.3) is 0 Å². The van der Waals surface area contributed by atoms with E-state index in [1.807, 2.05) is 19.1 Å². The summed E-state index contributed by atoms with van der Waals surface area (Å²) in [5.74, 6) is 1.72. The van der Waals surface area contributed by atoms with Crippen molar-refractivity contribution < 1.29 is 9.47 Å². The fourth-order valence-electron chi connectivity index (χ4n) is 1.07. The molecule has 0 saturated heterocycles. The van der Waals surface area contributed by atoms with Gasteiger partial charge in [0.1, 0.15) is 5.75 Å². The topological polar surface area (TPSA) is 18.5 Å². The first-order chi connectivity index (χ1) is 6.86. The van der Waals surface area contributed by atoms with Gasteiger partial charge in [0, 0.05) is 6.61 Å². The molecule has 0 heterocycles. The Morgan fingerprint density at radius 2 is 1.93 bits per heavy atom. The second-order valence-corrected chi connectivity index (χ2v) is 3.32. The summed E-state index contributed by atoms with van der Waals surface area (Å²) in [7, 11) is 0. The van der Waals surface area contributed by atoms with E-state index in [1.54, 1.807) is 0 Å². The maximum absolute atomic E-state index is 5.34. The number of aryl methyl sites for hydroxylation is 1. The van der Waals surface area contributed by atoms with Gasteiger partial charge in [0.15, 0.2) is 6.79 Å². The SMILES string of the molecule is CCOCOc1ccc(CCS)cc1. The van der Waals surface area contributed by atoms with Gasteiger partial charge in [-0.1, -0.05) is 12.1 Å². The van der Waals surface area contributed by atoms with Crippen molar-refractivity contribution in [1.29, 1.82) is 0 Å². The van der Waals surface area contributed by atoms with Crippen LogP contribution in [0.15, 0.2) is 24.3 Å². The minimum atomic E-state index is 0.322. The predicted octanol–water partition coefficient (Wildman–Crippen LogP) is 2.53. The first-order valence-corrected chi connectivity index (χ1v) is 5.40. The Bertz CT molecular complexity index is 246. The van der Waals surface area contributed by atoms with Crippen molar-refractivity contribution in [2.75, 3.05) is 19.2 Å². The van der Waals surface area contributed by atoms with Gasteiger partial charge < -0.3 is 9.47 Å². The summed E-state index contributed by atoms with van der Waals surface area (Å²) < 4.78 is 10.4. The average Bonchev–Trinajstić information content (AvgIpc) is 2.21. The monoisotopic (exact) mass is 212 g/mol. The molecule has 3 heteroatoms. The molecule has 1 aromatic carbocycles. The Morgan fingerprint density at radius 1 is 1.21 bits per heavy atom. The van der Waals surface area contributed by atoms with Crippen LogP contribution in [0.3, 0.4) is 0 Å². The zero-order chi connectivity index (χ0) is 10.2. The van der Waals surface area contributed by atoms with Crippen LogP contribution < -0.4 is 4.74 Å². The van der Waals surface area contributed by atoms with E-state index in [-0.39, 0.29) is 0 Å². The molecule has 1 rings (SSSR count). The van der Waals surface area contributed by atoms with Crippen molar-refractivity contribution in [3.05, 3.63) is 29.8 Å². The van der Waals surface area contributed by atoms with Crippen LogP contribution in [0, 0.1) is 0 Å². The van der Waals surface area contributed by atoms with E-state index >= 15 is 0 Å². The van der Waals surface area contributed by atoms with Crippen molar-refractivity contribution in [3.63, 3.8) is 0 Å². The molecule has 0 aliphatic heterocycles. The van der Waals surface area contributed by atoms with E-state index in [9.17, 15) is 0 Å². The average molecular weight is 212 g/mol. The fourth-order valence-corrected chi connectivity index (χ4v) is 1.33. The van der Waals surface area contributed by atoms with Crippen molar-refractivity contribution in [3.8, 4) is 5.75 Å². The van der Waals surface area contributed by atoms with E-state index < -0.39 is 0 Å². The van der Waals surface area contributed by atoms with Gasteiger partial charge in [0.25, 0.3) is 0 Å². The first kappa shape index (κ1) is 11.4. The van der Waals surface area contributed by atoms with Crippen molar-refractivity contribution in [2.45, 2.75) is 13.3 Å². The van der Waals surface area contributed by atoms with Gasteiger partial charge in [-0.3, -0.25) is 0 Å². The van der Waals surface area contributed by atoms with Gasteiger partial charge in [-0.2, -0.15) is 12.6 Å². The molecular weight excluding hydrogens is 196 g/mol. The normalized spacial score (nSPS) is 10.1. The third kappa shape index (κ3) is 4.03. The Labute approximate surface area is 90.6 Å². The molecule has 0 fully saturated rings. The fraction of sp³-hybridized carbons (Fsp3) is 0.455. The maximum Gasteiger partial charge on any atom is 0.189 e. The summed E-state index contributed by atoms with van der Waals surface area (Å²) >= 11 is 4.18. The standard InChI is InChI=1S/C11H16O2S/c1-2-12-9-13-11-5-3-10(4-6-11)7-8-14/h3-6,14H,2,7-9H2,1H3. The summed E-state index contributed by atoms with van der Waals surface area (Å²) in [6.45, 7) is 2.94. The van der Waals surface area contributed by atoms with Crippen molar-refractivity contribution in [1.82, 2.24) is 0 Å². The molecule has 2 nitrogen and oxygen atoms in total. The molecule has 0 N–H and O–H groups in total. The van der Waals surface area contributed by atoms with Gasteiger partial charge >= 0.3 is 0 Å². The highest BCUT2D eigenvalue weighted by Crippen LogP contribution is 2.12. The predicted molar refractivity (Wildman–Crippen MR) is 61.1 cm³/mol. The number of hydrogen-bond acceptors (Lipinski definition) is 3. The van der Waals surface area contributed by atoms with Crippen LogP contribution in [0.4, 0.5) is 0 Å². The van der Waals surface area contributed by atoms with Crippen molar-refractivity contribution in [2.24, 2.45) is 0 Å². The van der Waals surface area contributed by atoms with E-state index in [1.165, 1.54) is 5.56 Å². The van der Waals surface area contributed by atoms with Gasteiger partial charge in [-0.05, 0) is 36.8 Å². The summed E-state index contributed by atoms with van der Waals surface area (Å²) in [5.41, 5.74) is 1.28. The molecule has 0 radical (unpaired) electrons. The minimum absolute atomic E-state index is 0.322. The third-order valence-corrected chi connectivity index (χ3v) is 2.06. The molecule has 0 atom stereocenters. The molecule has 0 aliphatic carbocycles. The van der Waals surface area contributed by atoms with Gasteiger partial charge in [0.05, 0.1) is 0 Å². The summed E-state index contributed by atoms with van der Waals surface area (Å²) in [4.78, 5) is 0. The molecule has 0 unspecified atom stereocenters. The van der Waals surface area contributed by atoms with Crippen LogP contribution in [0.1, 0.15) is 12.5 Å². The molecule has 78 valence electrons. The Hall–Kier alpha value is -0.670. The van der Waals surface area contributed by atoms with Crippen molar-refractivity contribution >= 4 is 12.6 Å². The number of thiol groups is 1. The molecule has 14 heavy (non-hydrogen) atoms. The molecular formula is C11H16O2S. The van der Waals surface area contributed by atoms with Crippen LogP contribution in [-0.2, 0) is 11.2 Å². The largest absolute Gasteiger partial charge is 0.468 e. The van der Waals surface area contributed by atoms with Crippen LogP contribution >= 0.6 is 12.6 Å². The Morgan fingerprint density at radius 3 is 2.50 bits per heavy atom. The summed E-state index contributed by atoms with van der Waals surface area (Å²) in [5, 5.41) is 0. The highest BCUT2D eigenvalue weighted by Gasteiger charge is 1.94. The summed E-state index contributed by atoms with van der Waals surface area (Å²) in [6.07, 6.45) is 0.995. The molecule has 0 aliphatic rings. The third-order valence-electron chi connectivity index (χ3n) is 1.84. The lowest BCUT2D eigenvalue weighted by molar-refractivity contribution is 0.0224. The number of benzene rings is 1. The van der Waals surface area contributed by atoms with Gasteiger partial charge in [0.2, 0.25) is 0 Å². The highest BCUT2D eigenvalue weighted by molar-refractivity contribution is 7.80. The number of rotatable bonds is 6. The molecule has 0 amide bonds. The highest BCUT2D eigenvalue weighted by atomic mass is 32.1. The summed E-state index contributed by atoms with van der Waals surface area (Å²) in [6, 6.07) is 8.02. The van der Waals surface area contributed by atoms with E-state index in [2.05, 4.69) is 24.8 Å². The molecule has 0 saturated carbocycles. The lowest BCUT2D eigenvalue weighted by Gasteiger charge is -2.06.